The molecule has 1 saturated heterocycles. The van der Waals surface area contributed by atoms with E-state index in [1.807, 2.05) is 0 Å². The first-order chi connectivity index (χ1) is 11.0. The monoisotopic (exact) mass is 358 g/mol. The number of hydrogen-bond acceptors (Lipinski definition) is 3. The van der Waals surface area contributed by atoms with Crippen LogP contribution in [0.25, 0.3) is 0 Å². The highest BCUT2D eigenvalue weighted by Crippen LogP contribution is 2.22. The predicted octanol–water partition coefficient (Wildman–Crippen LogP) is 2.75. The average molecular weight is 359 g/mol. The first kappa shape index (κ1) is 18.0. The van der Waals surface area contributed by atoms with Crippen LogP contribution in [-0.4, -0.2) is 49.1 Å². The highest BCUT2D eigenvalue weighted by molar-refractivity contribution is 6.42. The first-order valence-corrected chi connectivity index (χ1v) is 8.33. The molecule has 1 unspecified atom stereocenters. The van der Waals surface area contributed by atoms with Crippen LogP contribution < -0.4 is 5.32 Å². The van der Waals surface area contributed by atoms with E-state index in [9.17, 15) is 9.59 Å². The Balaban J connectivity index is 1.82. The van der Waals surface area contributed by atoms with Crippen molar-refractivity contribution in [1.29, 1.82) is 0 Å². The van der Waals surface area contributed by atoms with Crippen molar-refractivity contribution in [2.75, 3.05) is 26.2 Å². The first-order valence-electron chi connectivity index (χ1n) is 7.57. The zero-order chi connectivity index (χ0) is 16.8. The van der Waals surface area contributed by atoms with E-state index in [4.69, 9.17) is 27.9 Å². The van der Waals surface area contributed by atoms with Gasteiger partial charge >= 0.3 is 0 Å². The second-order valence-corrected chi connectivity index (χ2v) is 6.30. The van der Waals surface area contributed by atoms with Gasteiger partial charge in [0.15, 0.2) is 0 Å². The number of hydrogen-bond donors (Lipinski definition) is 1. The van der Waals surface area contributed by atoms with Crippen molar-refractivity contribution in [3.05, 3.63) is 33.8 Å². The quantitative estimate of drug-likeness (QED) is 0.850. The molecular weight excluding hydrogens is 339 g/mol. The van der Waals surface area contributed by atoms with E-state index < -0.39 is 0 Å². The van der Waals surface area contributed by atoms with Crippen molar-refractivity contribution in [3.8, 4) is 0 Å². The molecule has 5 nitrogen and oxygen atoms in total. The summed E-state index contributed by atoms with van der Waals surface area (Å²) in [5.74, 6) is -0.270. The highest BCUT2D eigenvalue weighted by Gasteiger charge is 2.20. The Morgan fingerprint density at radius 3 is 2.74 bits per heavy atom. The van der Waals surface area contributed by atoms with E-state index >= 15 is 0 Å². The summed E-state index contributed by atoms with van der Waals surface area (Å²) in [5.41, 5.74) is 0.438. The standard InChI is InChI=1S/C16H20Cl2N2O3/c1-11(21)20(10-13-3-2-8-23-13)7-6-19-16(22)12-4-5-14(17)15(18)9-12/h4-5,9,13H,2-3,6-8,10H2,1H3,(H,19,22). The van der Waals surface area contributed by atoms with Gasteiger partial charge in [-0.25, -0.2) is 0 Å². The van der Waals surface area contributed by atoms with Crippen LogP contribution in [0.5, 0.6) is 0 Å². The molecule has 1 aromatic rings. The summed E-state index contributed by atoms with van der Waals surface area (Å²) in [6.45, 7) is 3.66. The molecule has 0 bridgehead atoms. The van der Waals surface area contributed by atoms with Crippen molar-refractivity contribution in [3.63, 3.8) is 0 Å². The molecule has 2 rings (SSSR count). The van der Waals surface area contributed by atoms with Crippen molar-refractivity contribution in [1.82, 2.24) is 10.2 Å². The molecule has 1 N–H and O–H groups in total. The number of carbonyl (C=O) groups excluding carboxylic acids is 2. The van der Waals surface area contributed by atoms with E-state index in [-0.39, 0.29) is 17.9 Å². The Labute approximate surface area is 145 Å². The van der Waals surface area contributed by atoms with Gasteiger partial charge in [-0.05, 0) is 31.0 Å². The number of carbonyl (C=O) groups is 2. The van der Waals surface area contributed by atoms with Crippen LogP contribution >= 0.6 is 23.2 Å². The molecule has 0 aliphatic carbocycles. The number of nitrogens with zero attached hydrogens (tertiary/aromatic N) is 1. The summed E-state index contributed by atoms with van der Waals surface area (Å²) in [5, 5.41) is 3.52. The van der Waals surface area contributed by atoms with E-state index in [0.717, 1.165) is 19.4 Å². The Kier molecular flexibility index (Phi) is 6.69. The van der Waals surface area contributed by atoms with Gasteiger partial charge in [-0.2, -0.15) is 0 Å². The lowest BCUT2D eigenvalue weighted by Gasteiger charge is -2.24. The Bertz CT molecular complexity index is 574. The van der Waals surface area contributed by atoms with Crippen molar-refractivity contribution in [2.24, 2.45) is 0 Å². The van der Waals surface area contributed by atoms with Gasteiger partial charge in [0.05, 0.1) is 16.1 Å². The summed E-state index contributed by atoms with van der Waals surface area (Å²) >= 11 is 11.7. The summed E-state index contributed by atoms with van der Waals surface area (Å²) in [6.07, 6.45) is 2.11. The van der Waals surface area contributed by atoms with Gasteiger partial charge in [0, 0.05) is 38.7 Å². The molecular formula is C16H20Cl2N2O3. The fraction of sp³-hybridized carbons (Fsp3) is 0.500. The number of amides is 2. The van der Waals surface area contributed by atoms with Gasteiger partial charge < -0.3 is 15.0 Å². The Morgan fingerprint density at radius 1 is 1.35 bits per heavy atom. The fourth-order valence-corrected chi connectivity index (χ4v) is 2.75. The molecule has 1 heterocycles. The number of nitrogens with one attached hydrogen (secondary N) is 1. The minimum Gasteiger partial charge on any atom is -0.376 e. The molecule has 1 aromatic carbocycles. The summed E-state index contributed by atoms with van der Waals surface area (Å²) in [6, 6.07) is 4.71. The van der Waals surface area contributed by atoms with Gasteiger partial charge in [-0.15, -0.1) is 0 Å². The van der Waals surface area contributed by atoms with Crippen molar-refractivity contribution < 1.29 is 14.3 Å². The molecule has 1 aliphatic heterocycles. The number of rotatable bonds is 6. The lowest BCUT2D eigenvalue weighted by atomic mass is 10.2. The zero-order valence-electron chi connectivity index (χ0n) is 13.0. The second kappa shape index (κ2) is 8.52. The van der Waals surface area contributed by atoms with Gasteiger partial charge in [0.2, 0.25) is 5.91 Å². The zero-order valence-corrected chi connectivity index (χ0v) is 14.5. The molecule has 0 radical (unpaired) electrons. The largest absolute Gasteiger partial charge is 0.376 e. The van der Waals surface area contributed by atoms with Crippen LogP contribution in [0, 0.1) is 0 Å². The van der Waals surface area contributed by atoms with E-state index in [1.54, 1.807) is 17.0 Å². The van der Waals surface area contributed by atoms with Crippen LogP contribution in [0.4, 0.5) is 0 Å². The van der Waals surface area contributed by atoms with E-state index in [2.05, 4.69) is 5.32 Å². The van der Waals surface area contributed by atoms with Crippen LogP contribution in [0.3, 0.4) is 0 Å². The Hall–Kier alpha value is -1.30. The van der Waals surface area contributed by atoms with Crippen LogP contribution in [-0.2, 0) is 9.53 Å². The SMILES string of the molecule is CC(=O)N(CCNC(=O)c1ccc(Cl)c(Cl)c1)CC1CCCO1. The predicted molar refractivity (Wildman–Crippen MR) is 90.0 cm³/mol. The van der Waals surface area contributed by atoms with E-state index in [1.165, 1.54) is 13.0 Å². The van der Waals surface area contributed by atoms with Crippen LogP contribution in [0.1, 0.15) is 30.1 Å². The molecule has 1 fully saturated rings. The summed E-state index contributed by atoms with van der Waals surface area (Å²) in [4.78, 5) is 25.4. The van der Waals surface area contributed by atoms with Gasteiger partial charge in [-0.1, -0.05) is 23.2 Å². The molecule has 23 heavy (non-hydrogen) atoms. The maximum Gasteiger partial charge on any atom is 0.251 e. The van der Waals surface area contributed by atoms with Crippen molar-refractivity contribution >= 4 is 35.0 Å². The molecule has 7 heteroatoms. The van der Waals surface area contributed by atoms with Crippen molar-refractivity contribution in [2.45, 2.75) is 25.9 Å². The molecule has 1 aliphatic rings. The normalized spacial score (nSPS) is 17.1. The third kappa shape index (κ3) is 5.37. The smallest absolute Gasteiger partial charge is 0.251 e. The number of halogens is 2. The molecule has 0 saturated carbocycles. The Morgan fingerprint density at radius 2 is 2.13 bits per heavy atom. The number of benzene rings is 1. The minimum absolute atomic E-state index is 0.0238. The third-order valence-corrected chi connectivity index (χ3v) is 4.48. The molecule has 1 atom stereocenters. The highest BCUT2D eigenvalue weighted by atomic mass is 35.5. The minimum atomic E-state index is -0.246. The molecule has 0 spiro atoms. The molecule has 126 valence electrons. The third-order valence-electron chi connectivity index (χ3n) is 3.74. The lowest BCUT2D eigenvalue weighted by molar-refractivity contribution is -0.130. The van der Waals surface area contributed by atoms with Gasteiger partial charge in [-0.3, -0.25) is 9.59 Å². The van der Waals surface area contributed by atoms with E-state index in [0.29, 0.717) is 35.2 Å². The lowest BCUT2D eigenvalue weighted by Crippen LogP contribution is -2.41. The van der Waals surface area contributed by atoms with Gasteiger partial charge in [0.1, 0.15) is 0 Å². The van der Waals surface area contributed by atoms with Crippen LogP contribution in [0.2, 0.25) is 10.0 Å². The summed E-state index contributed by atoms with van der Waals surface area (Å²) < 4.78 is 5.55. The summed E-state index contributed by atoms with van der Waals surface area (Å²) in [7, 11) is 0. The fourth-order valence-electron chi connectivity index (χ4n) is 2.46. The van der Waals surface area contributed by atoms with Crippen LogP contribution in [0.15, 0.2) is 18.2 Å². The topological polar surface area (TPSA) is 58.6 Å². The average Bonchev–Trinajstić information content (AvgIpc) is 3.01. The molecule has 2 amide bonds. The maximum atomic E-state index is 12.1. The number of ether oxygens (including phenoxy) is 1. The van der Waals surface area contributed by atoms with Gasteiger partial charge in [0.25, 0.3) is 5.91 Å². The second-order valence-electron chi connectivity index (χ2n) is 5.48. The molecule has 0 aromatic heterocycles. The maximum absolute atomic E-state index is 12.1.